The topological polar surface area (TPSA) is 37.2 Å². The smallest absolute Gasteiger partial charge is 0.143 e. The molecule has 4 nitrogen and oxygen atoms in total. The standard InChI is InChI=1S/C15H15N3OS/c1-16-9-6-13-14(17-8-9)15(20)11-5-4-10(18(2)3)7-12(11)19-13/h4-8,14H,1-3H3. The maximum atomic E-state index is 5.98. The van der Waals surface area contributed by atoms with Crippen LogP contribution in [-0.2, 0) is 0 Å². The summed E-state index contributed by atoms with van der Waals surface area (Å²) in [6.45, 7) is 0. The van der Waals surface area contributed by atoms with E-state index in [-0.39, 0.29) is 6.04 Å². The fourth-order valence-electron chi connectivity index (χ4n) is 2.24. The molecule has 2 heterocycles. The fraction of sp³-hybridized carbons (Fsp3) is 0.267. The first kappa shape index (κ1) is 13.0. The van der Waals surface area contributed by atoms with Crippen LogP contribution in [-0.4, -0.2) is 44.0 Å². The lowest BCUT2D eigenvalue weighted by Gasteiger charge is -2.28. The van der Waals surface area contributed by atoms with Gasteiger partial charge in [0.05, 0.1) is 10.6 Å². The number of ether oxygens (including phenoxy) is 1. The van der Waals surface area contributed by atoms with Gasteiger partial charge in [0.25, 0.3) is 0 Å². The van der Waals surface area contributed by atoms with E-state index in [4.69, 9.17) is 17.0 Å². The first-order valence-corrected chi connectivity index (χ1v) is 6.76. The highest BCUT2D eigenvalue weighted by atomic mass is 32.1. The van der Waals surface area contributed by atoms with Gasteiger partial charge in [-0.3, -0.25) is 9.98 Å². The van der Waals surface area contributed by atoms with Crippen LogP contribution in [0.1, 0.15) is 5.56 Å². The number of hydrogen-bond acceptors (Lipinski definition) is 5. The van der Waals surface area contributed by atoms with Crippen LogP contribution in [0.4, 0.5) is 5.69 Å². The summed E-state index contributed by atoms with van der Waals surface area (Å²) in [5, 5.41) is 0. The summed E-state index contributed by atoms with van der Waals surface area (Å²) in [5.41, 5.74) is 2.82. The number of anilines is 1. The molecular weight excluding hydrogens is 270 g/mol. The van der Waals surface area contributed by atoms with Gasteiger partial charge >= 0.3 is 0 Å². The minimum atomic E-state index is -0.201. The summed E-state index contributed by atoms with van der Waals surface area (Å²) in [7, 11) is 5.73. The van der Waals surface area contributed by atoms with Gasteiger partial charge in [-0.2, -0.15) is 0 Å². The third-order valence-electron chi connectivity index (χ3n) is 3.40. The first-order chi connectivity index (χ1) is 9.60. The molecule has 1 aromatic carbocycles. The zero-order valence-electron chi connectivity index (χ0n) is 11.6. The highest BCUT2D eigenvalue weighted by Gasteiger charge is 2.31. The molecule has 0 aliphatic carbocycles. The van der Waals surface area contributed by atoms with Crippen LogP contribution in [0.15, 0.2) is 40.0 Å². The lowest BCUT2D eigenvalue weighted by molar-refractivity contribution is 0.397. The lowest BCUT2D eigenvalue weighted by Crippen LogP contribution is -2.32. The van der Waals surface area contributed by atoms with Crippen molar-refractivity contribution in [1.82, 2.24) is 0 Å². The Bertz CT molecular complexity index is 674. The number of benzene rings is 1. The predicted molar refractivity (Wildman–Crippen MR) is 86.8 cm³/mol. The van der Waals surface area contributed by atoms with Crippen LogP contribution in [0.25, 0.3) is 0 Å². The Hall–Kier alpha value is -2.01. The number of allylic oxidation sites excluding steroid dienone is 1. The van der Waals surface area contributed by atoms with E-state index in [1.165, 1.54) is 0 Å². The highest BCUT2D eigenvalue weighted by Crippen LogP contribution is 2.35. The van der Waals surface area contributed by atoms with Gasteiger partial charge in [-0.05, 0) is 12.1 Å². The second-order valence-corrected chi connectivity index (χ2v) is 5.36. The summed E-state index contributed by atoms with van der Waals surface area (Å²) >= 11 is 5.55. The molecule has 1 atom stereocenters. The summed E-state index contributed by atoms with van der Waals surface area (Å²) in [6, 6.07) is 5.84. The Kier molecular flexibility index (Phi) is 3.14. The van der Waals surface area contributed by atoms with Crippen molar-refractivity contribution in [3.05, 3.63) is 35.6 Å². The average Bonchev–Trinajstić information content (AvgIpc) is 2.46. The van der Waals surface area contributed by atoms with Crippen molar-refractivity contribution in [2.75, 3.05) is 26.0 Å². The Morgan fingerprint density at radius 2 is 2.15 bits per heavy atom. The number of nitrogens with zero attached hydrogens (tertiary/aromatic N) is 3. The van der Waals surface area contributed by atoms with E-state index >= 15 is 0 Å². The molecule has 3 rings (SSSR count). The molecule has 20 heavy (non-hydrogen) atoms. The van der Waals surface area contributed by atoms with E-state index in [2.05, 4.69) is 9.98 Å². The molecule has 5 heteroatoms. The van der Waals surface area contributed by atoms with Crippen molar-refractivity contribution in [2.45, 2.75) is 6.04 Å². The van der Waals surface area contributed by atoms with E-state index in [0.29, 0.717) is 0 Å². The summed E-state index contributed by atoms with van der Waals surface area (Å²) in [4.78, 5) is 11.4. The maximum Gasteiger partial charge on any atom is 0.143 e. The molecule has 0 spiro atoms. The monoisotopic (exact) mass is 285 g/mol. The number of rotatable bonds is 1. The van der Waals surface area contributed by atoms with Gasteiger partial charge in [-0.15, -0.1) is 0 Å². The Morgan fingerprint density at radius 3 is 2.85 bits per heavy atom. The largest absolute Gasteiger partial charge is 0.458 e. The summed E-state index contributed by atoms with van der Waals surface area (Å²) < 4.78 is 5.98. The third kappa shape index (κ3) is 2.04. The molecule has 0 amide bonds. The van der Waals surface area contributed by atoms with E-state index in [1.54, 1.807) is 13.3 Å². The molecule has 1 unspecified atom stereocenters. The molecule has 0 bridgehead atoms. The highest BCUT2D eigenvalue weighted by molar-refractivity contribution is 7.81. The van der Waals surface area contributed by atoms with Crippen LogP contribution < -0.4 is 9.64 Å². The zero-order valence-corrected chi connectivity index (χ0v) is 12.4. The van der Waals surface area contributed by atoms with Crippen LogP contribution in [0.3, 0.4) is 0 Å². The van der Waals surface area contributed by atoms with Gasteiger partial charge in [-0.25, -0.2) is 0 Å². The van der Waals surface area contributed by atoms with Crippen LogP contribution >= 0.6 is 12.2 Å². The number of hydrogen-bond donors (Lipinski definition) is 0. The van der Waals surface area contributed by atoms with Crippen LogP contribution in [0.2, 0.25) is 0 Å². The molecular formula is C15H15N3OS. The van der Waals surface area contributed by atoms with Gasteiger partial charge in [0.15, 0.2) is 0 Å². The van der Waals surface area contributed by atoms with E-state index in [9.17, 15) is 0 Å². The second kappa shape index (κ2) is 4.83. The van der Waals surface area contributed by atoms with Gasteiger partial charge in [0.1, 0.15) is 17.6 Å². The Balaban J connectivity index is 2.07. The summed E-state index contributed by atoms with van der Waals surface area (Å²) in [5.74, 6) is 1.54. The molecule has 2 aliphatic heterocycles. The second-order valence-electron chi connectivity index (χ2n) is 4.92. The number of fused-ring (bicyclic) bond motifs is 2. The molecule has 0 saturated carbocycles. The molecule has 1 aromatic rings. The van der Waals surface area contributed by atoms with Gasteiger partial charge in [0.2, 0.25) is 0 Å². The SMILES string of the molecule is CN=C1C=NC2C(=S)c3ccc(N(C)C)cc3OC2=C1. The molecule has 0 aromatic heterocycles. The third-order valence-corrected chi connectivity index (χ3v) is 3.84. The van der Waals surface area contributed by atoms with Crippen molar-refractivity contribution in [1.29, 1.82) is 0 Å². The van der Waals surface area contributed by atoms with Crippen molar-refractivity contribution in [2.24, 2.45) is 9.98 Å². The van der Waals surface area contributed by atoms with Crippen molar-refractivity contribution in [3.63, 3.8) is 0 Å². The molecule has 0 saturated heterocycles. The Morgan fingerprint density at radius 1 is 1.35 bits per heavy atom. The number of dihydropyridines is 1. The first-order valence-electron chi connectivity index (χ1n) is 6.35. The molecule has 0 N–H and O–H groups in total. The van der Waals surface area contributed by atoms with Crippen LogP contribution in [0.5, 0.6) is 5.75 Å². The van der Waals surface area contributed by atoms with Gasteiger partial charge in [-0.1, -0.05) is 12.2 Å². The van der Waals surface area contributed by atoms with E-state index in [0.717, 1.165) is 33.3 Å². The van der Waals surface area contributed by atoms with Crippen molar-refractivity contribution in [3.8, 4) is 5.75 Å². The van der Waals surface area contributed by atoms with Crippen molar-refractivity contribution < 1.29 is 4.74 Å². The Labute approximate surface area is 123 Å². The van der Waals surface area contributed by atoms with Gasteiger partial charge in [0, 0.05) is 50.8 Å². The molecule has 0 radical (unpaired) electrons. The van der Waals surface area contributed by atoms with Gasteiger partial charge < -0.3 is 9.64 Å². The minimum absolute atomic E-state index is 0.201. The normalized spacial score (nSPS) is 21.9. The molecule has 2 aliphatic rings. The lowest BCUT2D eigenvalue weighted by atomic mass is 9.97. The predicted octanol–water partition coefficient (Wildman–Crippen LogP) is 2.27. The minimum Gasteiger partial charge on any atom is -0.458 e. The zero-order chi connectivity index (χ0) is 14.3. The molecule has 102 valence electrons. The molecule has 0 fully saturated rings. The van der Waals surface area contributed by atoms with E-state index < -0.39 is 0 Å². The summed E-state index contributed by atoms with van der Waals surface area (Å²) in [6.07, 6.45) is 3.64. The quantitative estimate of drug-likeness (QED) is 0.743. The number of aliphatic imine (C=N–C) groups is 2. The fourth-order valence-corrected chi connectivity index (χ4v) is 2.59. The average molecular weight is 285 g/mol. The van der Waals surface area contributed by atoms with E-state index in [1.807, 2.05) is 43.3 Å². The maximum absolute atomic E-state index is 5.98. The van der Waals surface area contributed by atoms with Crippen molar-refractivity contribution >= 4 is 34.7 Å². The van der Waals surface area contributed by atoms with Crippen LogP contribution in [0, 0.1) is 0 Å². The number of thiocarbonyl (C=S) groups is 1.